The average Bonchev–Trinajstić information content (AvgIpc) is 2.33. The van der Waals surface area contributed by atoms with E-state index in [2.05, 4.69) is 10.1 Å². The van der Waals surface area contributed by atoms with Crippen molar-refractivity contribution in [1.82, 2.24) is 5.32 Å². The Balaban J connectivity index is 2.17. The first-order valence-corrected chi connectivity index (χ1v) is 6.02. The highest BCUT2D eigenvalue weighted by atomic mass is 19.4. The topological polar surface area (TPSA) is 30.5 Å². The fourth-order valence-corrected chi connectivity index (χ4v) is 1.49. The highest BCUT2D eigenvalue weighted by Crippen LogP contribution is 2.15. The maximum absolute atomic E-state index is 11.8. The molecular weight excluding hydrogens is 259 g/mol. The highest BCUT2D eigenvalue weighted by molar-refractivity contribution is 5.28. The number of ether oxygens (including phenoxy) is 2. The largest absolute Gasteiger partial charge is 0.493 e. The van der Waals surface area contributed by atoms with Gasteiger partial charge < -0.3 is 14.8 Å². The van der Waals surface area contributed by atoms with E-state index in [1.807, 2.05) is 31.3 Å². The molecule has 1 rings (SSSR count). The van der Waals surface area contributed by atoms with Gasteiger partial charge >= 0.3 is 6.18 Å². The van der Waals surface area contributed by atoms with Gasteiger partial charge in [0, 0.05) is 13.0 Å². The van der Waals surface area contributed by atoms with Crippen molar-refractivity contribution in [2.75, 3.05) is 26.9 Å². The lowest BCUT2D eigenvalue weighted by Gasteiger charge is -2.09. The van der Waals surface area contributed by atoms with Crippen LogP contribution in [-0.4, -0.2) is 33.0 Å². The number of hydrogen-bond donors (Lipinski definition) is 1. The number of rotatable bonds is 8. The van der Waals surface area contributed by atoms with Crippen molar-refractivity contribution in [1.29, 1.82) is 0 Å². The first-order valence-electron chi connectivity index (χ1n) is 6.02. The second-order valence-electron chi connectivity index (χ2n) is 4.05. The van der Waals surface area contributed by atoms with Gasteiger partial charge in [0.25, 0.3) is 0 Å². The van der Waals surface area contributed by atoms with Crippen LogP contribution in [0.5, 0.6) is 5.75 Å². The Bertz CT molecular complexity index is 369. The summed E-state index contributed by atoms with van der Waals surface area (Å²) in [6.07, 6.45) is -3.84. The maximum atomic E-state index is 11.8. The van der Waals surface area contributed by atoms with Crippen molar-refractivity contribution in [3.8, 4) is 5.75 Å². The molecule has 1 aromatic carbocycles. The molecule has 3 nitrogen and oxygen atoms in total. The lowest BCUT2D eigenvalue weighted by Crippen LogP contribution is -2.18. The fourth-order valence-electron chi connectivity index (χ4n) is 1.49. The SMILES string of the molecule is CNCc1cccc(OCCCOCC(F)(F)F)c1. The van der Waals surface area contributed by atoms with Crippen LogP contribution < -0.4 is 10.1 Å². The zero-order valence-corrected chi connectivity index (χ0v) is 10.8. The minimum Gasteiger partial charge on any atom is -0.493 e. The Morgan fingerprint density at radius 2 is 2.00 bits per heavy atom. The Hall–Kier alpha value is -1.27. The molecule has 0 amide bonds. The first kappa shape index (κ1) is 15.8. The van der Waals surface area contributed by atoms with Crippen molar-refractivity contribution in [2.45, 2.75) is 19.1 Å². The van der Waals surface area contributed by atoms with E-state index in [4.69, 9.17) is 4.74 Å². The van der Waals surface area contributed by atoms with Gasteiger partial charge in [-0.3, -0.25) is 0 Å². The van der Waals surface area contributed by atoms with Crippen LogP contribution in [0.15, 0.2) is 24.3 Å². The summed E-state index contributed by atoms with van der Waals surface area (Å²) < 4.78 is 45.3. The first-order chi connectivity index (χ1) is 9.01. The summed E-state index contributed by atoms with van der Waals surface area (Å²) in [5.74, 6) is 0.712. The molecule has 19 heavy (non-hydrogen) atoms. The predicted molar refractivity (Wildman–Crippen MR) is 66.2 cm³/mol. The van der Waals surface area contributed by atoms with Crippen LogP contribution in [0.25, 0.3) is 0 Å². The number of hydrogen-bond acceptors (Lipinski definition) is 3. The molecule has 1 aromatic rings. The highest BCUT2D eigenvalue weighted by Gasteiger charge is 2.27. The van der Waals surface area contributed by atoms with E-state index in [1.165, 1.54) is 0 Å². The van der Waals surface area contributed by atoms with Crippen LogP contribution in [0.1, 0.15) is 12.0 Å². The maximum Gasteiger partial charge on any atom is 0.411 e. The number of halogens is 3. The van der Waals surface area contributed by atoms with Gasteiger partial charge in [0.15, 0.2) is 0 Å². The molecule has 0 saturated heterocycles. The van der Waals surface area contributed by atoms with E-state index in [-0.39, 0.29) is 6.61 Å². The fraction of sp³-hybridized carbons (Fsp3) is 0.538. The minimum absolute atomic E-state index is 0.0374. The van der Waals surface area contributed by atoms with Crippen LogP contribution >= 0.6 is 0 Å². The normalized spacial score (nSPS) is 11.6. The van der Waals surface area contributed by atoms with Gasteiger partial charge in [0.2, 0.25) is 0 Å². The van der Waals surface area contributed by atoms with Gasteiger partial charge in [-0.05, 0) is 24.7 Å². The summed E-state index contributed by atoms with van der Waals surface area (Å²) in [5.41, 5.74) is 1.09. The molecule has 108 valence electrons. The van der Waals surface area contributed by atoms with Crippen LogP contribution in [0.3, 0.4) is 0 Å². The third-order valence-electron chi connectivity index (χ3n) is 2.25. The Morgan fingerprint density at radius 3 is 2.68 bits per heavy atom. The van der Waals surface area contributed by atoms with Crippen LogP contribution in [0.2, 0.25) is 0 Å². The average molecular weight is 277 g/mol. The van der Waals surface area contributed by atoms with Gasteiger partial charge in [-0.15, -0.1) is 0 Å². The molecule has 1 N–H and O–H groups in total. The molecule has 0 aliphatic carbocycles. The molecule has 0 aliphatic heterocycles. The second kappa shape index (κ2) is 8.01. The van der Waals surface area contributed by atoms with Crippen molar-refractivity contribution < 1.29 is 22.6 Å². The molecule has 0 bridgehead atoms. The zero-order valence-electron chi connectivity index (χ0n) is 10.8. The third kappa shape index (κ3) is 7.69. The van der Waals surface area contributed by atoms with Gasteiger partial charge in [-0.25, -0.2) is 0 Å². The lowest BCUT2D eigenvalue weighted by atomic mass is 10.2. The summed E-state index contributed by atoms with van der Waals surface area (Å²) in [6.45, 7) is -0.0902. The number of nitrogens with one attached hydrogen (secondary N) is 1. The zero-order chi connectivity index (χ0) is 14.1. The van der Waals surface area contributed by atoms with Crippen molar-refractivity contribution in [2.24, 2.45) is 0 Å². The summed E-state index contributed by atoms with van der Waals surface area (Å²) in [7, 11) is 1.85. The van der Waals surface area contributed by atoms with Crippen LogP contribution in [-0.2, 0) is 11.3 Å². The quantitative estimate of drug-likeness (QED) is 0.741. The molecule has 0 aliphatic rings. The monoisotopic (exact) mass is 277 g/mol. The minimum atomic E-state index is -4.26. The van der Waals surface area contributed by atoms with Crippen LogP contribution in [0.4, 0.5) is 13.2 Å². The molecule has 0 radical (unpaired) electrons. The smallest absolute Gasteiger partial charge is 0.411 e. The second-order valence-corrected chi connectivity index (χ2v) is 4.05. The van der Waals surface area contributed by atoms with Crippen LogP contribution in [0, 0.1) is 0 Å². The number of benzene rings is 1. The molecule has 0 fully saturated rings. The summed E-state index contributed by atoms with van der Waals surface area (Å²) in [4.78, 5) is 0. The van der Waals surface area contributed by atoms with E-state index in [1.54, 1.807) is 0 Å². The molecule has 0 aromatic heterocycles. The molecule has 0 atom stereocenters. The molecule has 6 heteroatoms. The van der Waals surface area contributed by atoms with E-state index < -0.39 is 12.8 Å². The standard InChI is InChI=1S/C13H18F3NO2/c1-17-9-11-4-2-5-12(8-11)19-7-3-6-18-10-13(14,15)16/h2,4-5,8,17H,3,6-7,9-10H2,1H3. The Labute approximate surface area is 110 Å². The summed E-state index contributed by atoms with van der Waals surface area (Å²) >= 11 is 0. The molecular formula is C13H18F3NO2. The van der Waals surface area contributed by atoms with Crippen molar-refractivity contribution in [3.63, 3.8) is 0 Å². The predicted octanol–water partition coefficient (Wildman–Crippen LogP) is 2.75. The summed E-state index contributed by atoms with van der Waals surface area (Å²) in [6, 6.07) is 7.56. The van der Waals surface area contributed by atoms with Gasteiger partial charge in [-0.2, -0.15) is 13.2 Å². The molecule has 0 heterocycles. The number of alkyl halides is 3. The van der Waals surface area contributed by atoms with E-state index in [9.17, 15) is 13.2 Å². The summed E-state index contributed by atoms with van der Waals surface area (Å²) in [5, 5.41) is 3.03. The Morgan fingerprint density at radius 1 is 1.21 bits per heavy atom. The third-order valence-corrected chi connectivity index (χ3v) is 2.25. The van der Waals surface area contributed by atoms with E-state index in [0.717, 1.165) is 12.1 Å². The van der Waals surface area contributed by atoms with E-state index >= 15 is 0 Å². The Kier molecular flexibility index (Phi) is 6.66. The van der Waals surface area contributed by atoms with E-state index in [0.29, 0.717) is 18.8 Å². The molecule has 0 spiro atoms. The molecule has 0 saturated carbocycles. The van der Waals surface area contributed by atoms with Gasteiger partial charge in [0.1, 0.15) is 12.4 Å². The molecule has 0 unspecified atom stereocenters. The van der Waals surface area contributed by atoms with Gasteiger partial charge in [0.05, 0.1) is 13.2 Å². The van der Waals surface area contributed by atoms with Crippen molar-refractivity contribution >= 4 is 0 Å². The lowest BCUT2D eigenvalue weighted by molar-refractivity contribution is -0.174. The van der Waals surface area contributed by atoms with Gasteiger partial charge in [-0.1, -0.05) is 12.1 Å². The van der Waals surface area contributed by atoms with Crippen molar-refractivity contribution in [3.05, 3.63) is 29.8 Å².